The van der Waals surface area contributed by atoms with Crippen LogP contribution in [0, 0.1) is 0 Å². The van der Waals surface area contributed by atoms with Crippen LogP contribution in [0.3, 0.4) is 0 Å². The van der Waals surface area contributed by atoms with E-state index in [0.717, 1.165) is 33.4 Å². The highest BCUT2D eigenvalue weighted by atomic mass is 16.3. The molecule has 0 radical (unpaired) electrons. The van der Waals surface area contributed by atoms with Crippen molar-refractivity contribution in [3.8, 4) is 0 Å². The van der Waals surface area contributed by atoms with Crippen LogP contribution >= 0.6 is 0 Å². The monoisotopic (exact) mass is 438 g/mol. The lowest BCUT2D eigenvalue weighted by molar-refractivity contribution is 0.0132. The Morgan fingerprint density at radius 3 is 0.781 bits per heavy atom. The topological polar surface area (TPSA) is 40.5 Å². The van der Waals surface area contributed by atoms with Crippen molar-refractivity contribution in [2.45, 2.75) is 117 Å². The fourth-order valence-corrected chi connectivity index (χ4v) is 4.70. The van der Waals surface area contributed by atoms with Gasteiger partial charge in [0.2, 0.25) is 0 Å². The first-order valence-electron chi connectivity index (χ1n) is 11.9. The molecular formula is C30H46O2. The Kier molecular flexibility index (Phi) is 7.16. The van der Waals surface area contributed by atoms with Crippen molar-refractivity contribution in [1.82, 2.24) is 0 Å². The lowest BCUT2D eigenvalue weighted by atomic mass is 9.71. The van der Waals surface area contributed by atoms with Crippen LogP contribution in [-0.4, -0.2) is 10.2 Å². The molecular weight excluding hydrogens is 392 g/mol. The molecule has 0 amide bonds. The lowest BCUT2D eigenvalue weighted by Crippen LogP contribution is -2.28. The van der Waals surface area contributed by atoms with Crippen LogP contribution in [0.4, 0.5) is 0 Å². The SMILES string of the molecule is CC(C)(C)c1cccc(C(C)(C)C)c1C(O)C(O)c1c(C(C)(C)C)cccc1C(C)(C)C. The summed E-state index contributed by atoms with van der Waals surface area (Å²) in [6.45, 7) is 26.0. The first kappa shape index (κ1) is 26.6. The zero-order valence-corrected chi connectivity index (χ0v) is 22.5. The Hall–Kier alpha value is -1.64. The third-order valence-electron chi connectivity index (χ3n) is 6.33. The Balaban J connectivity index is 2.87. The molecule has 2 heteroatoms. The molecule has 2 unspecified atom stereocenters. The second-order valence-corrected chi connectivity index (χ2v) is 13.4. The second kappa shape index (κ2) is 8.61. The smallest absolute Gasteiger partial charge is 0.110 e. The number of aliphatic hydroxyl groups is 2. The Bertz CT molecular complexity index is 797. The number of hydrogen-bond donors (Lipinski definition) is 2. The molecule has 0 saturated carbocycles. The van der Waals surface area contributed by atoms with Crippen molar-refractivity contribution in [1.29, 1.82) is 0 Å². The maximum absolute atomic E-state index is 11.9. The fraction of sp³-hybridized carbons (Fsp3) is 0.600. The molecule has 0 aliphatic rings. The molecule has 2 N–H and O–H groups in total. The minimum absolute atomic E-state index is 0.159. The van der Waals surface area contributed by atoms with Crippen molar-refractivity contribution < 1.29 is 10.2 Å². The zero-order valence-electron chi connectivity index (χ0n) is 22.5. The average molecular weight is 439 g/mol. The van der Waals surface area contributed by atoms with Crippen LogP contribution in [0.25, 0.3) is 0 Å². The molecule has 0 fully saturated rings. The zero-order chi connectivity index (χ0) is 24.9. The first-order valence-corrected chi connectivity index (χ1v) is 11.9. The van der Waals surface area contributed by atoms with Crippen LogP contribution in [0.1, 0.15) is 129 Å². The normalized spacial score (nSPS) is 15.6. The van der Waals surface area contributed by atoms with Gasteiger partial charge < -0.3 is 10.2 Å². The van der Waals surface area contributed by atoms with E-state index in [1.165, 1.54) is 0 Å². The van der Waals surface area contributed by atoms with Crippen molar-refractivity contribution in [2.75, 3.05) is 0 Å². The van der Waals surface area contributed by atoms with E-state index in [4.69, 9.17) is 0 Å². The molecule has 2 atom stereocenters. The van der Waals surface area contributed by atoms with Crippen molar-refractivity contribution in [2.24, 2.45) is 0 Å². The van der Waals surface area contributed by atoms with Gasteiger partial charge in [-0.05, 0) is 55.0 Å². The number of benzene rings is 2. The van der Waals surface area contributed by atoms with Gasteiger partial charge in [-0.1, -0.05) is 119 Å². The van der Waals surface area contributed by atoms with Gasteiger partial charge in [0.25, 0.3) is 0 Å². The van der Waals surface area contributed by atoms with Crippen molar-refractivity contribution >= 4 is 0 Å². The number of aliphatic hydroxyl groups excluding tert-OH is 2. The maximum atomic E-state index is 11.9. The molecule has 0 aliphatic carbocycles. The molecule has 2 aromatic carbocycles. The lowest BCUT2D eigenvalue weighted by Gasteiger charge is -2.37. The molecule has 0 bridgehead atoms. The van der Waals surface area contributed by atoms with E-state index < -0.39 is 12.2 Å². The van der Waals surface area contributed by atoms with E-state index in [9.17, 15) is 10.2 Å². The number of hydrogen-bond acceptors (Lipinski definition) is 2. The Morgan fingerprint density at radius 1 is 0.438 bits per heavy atom. The average Bonchev–Trinajstić information content (AvgIpc) is 2.62. The van der Waals surface area contributed by atoms with Crippen LogP contribution < -0.4 is 0 Å². The van der Waals surface area contributed by atoms with E-state index in [-0.39, 0.29) is 21.7 Å². The van der Waals surface area contributed by atoms with E-state index in [0.29, 0.717) is 0 Å². The van der Waals surface area contributed by atoms with Gasteiger partial charge in [0, 0.05) is 0 Å². The van der Waals surface area contributed by atoms with Crippen LogP contribution in [0.5, 0.6) is 0 Å². The highest BCUT2D eigenvalue weighted by molar-refractivity contribution is 5.49. The van der Waals surface area contributed by atoms with Gasteiger partial charge in [-0.3, -0.25) is 0 Å². The molecule has 0 spiro atoms. The number of rotatable bonds is 3. The van der Waals surface area contributed by atoms with Crippen LogP contribution in [-0.2, 0) is 21.7 Å². The standard InChI is InChI=1S/C30H46O2/c1-27(2,3)19-15-13-16-20(28(4,5)6)23(19)25(31)26(32)24-21(29(7,8)9)17-14-18-22(24)30(10,11)12/h13-18,25-26,31-32H,1-12H3. The van der Waals surface area contributed by atoms with Crippen molar-refractivity contribution in [3.63, 3.8) is 0 Å². The summed E-state index contributed by atoms with van der Waals surface area (Å²) in [6.07, 6.45) is -2.05. The second-order valence-electron chi connectivity index (χ2n) is 13.4. The van der Waals surface area contributed by atoms with Crippen molar-refractivity contribution in [3.05, 3.63) is 69.8 Å². The van der Waals surface area contributed by atoms with Crippen LogP contribution in [0.15, 0.2) is 36.4 Å². The quantitative estimate of drug-likeness (QED) is 0.517. The summed E-state index contributed by atoms with van der Waals surface area (Å²) in [6, 6.07) is 12.5. The van der Waals surface area contributed by atoms with E-state index in [1.54, 1.807) is 0 Å². The van der Waals surface area contributed by atoms with Crippen LogP contribution in [0.2, 0.25) is 0 Å². The molecule has 0 heterocycles. The largest absolute Gasteiger partial charge is 0.385 e. The Morgan fingerprint density at radius 2 is 0.625 bits per heavy atom. The van der Waals surface area contributed by atoms with E-state index in [1.807, 2.05) is 0 Å². The van der Waals surface area contributed by atoms with Gasteiger partial charge in [0.15, 0.2) is 0 Å². The van der Waals surface area contributed by atoms with Gasteiger partial charge in [-0.15, -0.1) is 0 Å². The van der Waals surface area contributed by atoms with Gasteiger partial charge in [0.1, 0.15) is 12.2 Å². The van der Waals surface area contributed by atoms with Gasteiger partial charge >= 0.3 is 0 Å². The van der Waals surface area contributed by atoms with Gasteiger partial charge in [-0.2, -0.15) is 0 Å². The molecule has 2 aromatic rings. The first-order chi connectivity index (χ1) is 14.3. The highest BCUT2D eigenvalue weighted by Gasteiger charge is 2.36. The summed E-state index contributed by atoms with van der Waals surface area (Å²) in [5.41, 5.74) is 5.43. The Labute approximate surface area is 197 Å². The third-order valence-corrected chi connectivity index (χ3v) is 6.33. The third kappa shape index (κ3) is 5.46. The fourth-order valence-electron chi connectivity index (χ4n) is 4.70. The van der Waals surface area contributed by atoms with E-state index in [2.05, 4.69) is 119 Å². The molecule has 178 valence electrons. The highest BCUT2D eigenvalue weighted by Crippen LogP contribution is 2.45. The summed E-state index contributed by atoms with van der Waals surface area (Å²) >= 11 is 0. The summed E-state index contributed by atoms with van der Waals surface area (Å²) in [4.78, 5) is 0. The molecule has 0 aliphatic heterocycles. The molecule has 2 rings (SSSR count). The minimum atomic E-state index is -1.02. The maximum Gasteiger partial charge on any atom is 0.110 e. The summed E-state index contributed by atoms with van der Waals surface area (Å²) in [5.74, 6) is 0. The summed E-state index contributed by atoms with van der Waals surface area (Å²) < 4.78 is 0. The molecule has 32 heavy (non-hydrogen) atoms. The van der Waals surface area contributed by atoms with Gasteiger partial charge in [0.05, 0.1) is 0 Å². The van der Waals surface area contributed by atoms with Gasteiger partial charge in [-0.25, -0.2) is 0 Å². The molecule has 0 saturated heterocycles. The minimum Gasteiger partial charge on any atom is -0.385 e. The predicted octanol–water partition coefficient (Wildman–Crippen LogP) is 7.64. The summed E-state index contributed by atoms with van der Waals surface area (Å²) in [5, 5.41) is 23.7. The summed E-state index contributed by atoms with van der Waals surface area (Å²) in [7, 11) is 0. The molecule has 0 aromatic heterocycles. The molecule has 2 nitrogen and oxygen atoms in total. The van der Waals surface area contributed by atoms with E-state index >= 15 is 0 Å². The predicted molar refractivity (Wildman–Crippen MR) is 138 cm³/mol.